The predicted octanol–water partition coefficient (Wildman–Crippen LogP) is 4.21. The SMILES string of the molecule is COc1ccc2c(c1)c(OCCc1ccccc1)nn2S(=O)(=O)c1ccc(C)cc1. The highest BCUT2D eigenvalue weighted by Crippen LogP contribution is 2.31. The third-order valence-corrected chi connectivity index (χ3v) is 6.44. The Kier molecular flexibility index (Phi) is 5.46. The summed E-state index contributed by atoms with van der Waals surface area (Å²) in [6.45, 7) is 2.28. The van der Waals surface area contributed by atoms with E-state index in [1.807, 2.05) is 37.3 Å². The number of fused-ring (bicyclic) bond motifs is 1. The molecular formula is C23H22N2O4S. The van der Waals surface area contributed by atoms with Crippen molar-refractivity contribution in [3.63, 3.8) is 0 Å². The summed E-state index contributed by atoms with van der Waals surface area (Å²) < 4.78 is 38.7. The van der Waals surface area contributed by atoms with Crippen molar-refractivity contribution in [1.29, 1.82) is 0 Å². The Balaban J connectivity index is 1.72. The minimum absolute atomic E-state index is 0.171. The van der Waals surface area contributed by atoms with Crippen molar-refractivity contribution in [3.8, 4) is 11.6 Å². The highest BCUT2D eigenvalue weighted by Gasteiger charge is 2.24. The lowest BCUT2D eigenvalue weighted by Gasteiger charge is -2.06. The highest BCUT2D eigenvalue weighted by molar-refractivity contribution is 7.90. The first-order chi connectivity index (χ1) is 14.5. The molecule has 0 aliphatic rings. The van der Waals surface area contributed by atoms with Crippen LogP contribution in [0.4, 0.5) is 0 Å². The van der Waals surface area contributed by atoms with Crippen LogP contribution in [0.25, 0.3) is 10.9 Å². The maximum Gasteiger partial charge on any atom is 0.283 e. The van der Waals surface area contributed by atoms with Crippen molar-refractivity contribution in [2.75, 3.05) is 13.7 Å². The fraction of sp³-hybridized carbons (Fsp3) is 0.174. The van der Waals surface area contributed by atoms with Gasteiger partial charge < -0.3 is 9.47 Å². The monoisotopic (exact) mass is 422 g/mol. The van der Waals surface area contributed by atoms with Crippen molar-refractivity contribution in [1.82, 2.24) is 9.19 Å². The second-order valence-electron chi connectivity index (χ2n) is 6.93. The van der Waals surface area contributed by atoms with Gasteiger partial charge in [0.15, 0.2) is 0 Å². The summed E-state index contributed by atoms with van der Waals surface area (Å²) in [7, 11) is -2.31. The van der Waals surface area contributed by atoms with E-state index in [1.54, 1.807) is 49.6 Å². The number of benzene rings is 3. The van der Waals surface area contributed by atoms with Gasteiger partial charge >= 0.3 is 0 Å². The van der Waals surface area contributed by atoms with Gasteiger partial charge in [-0.2, -0.15) is 8.42 Å². The molecule has 154 valence electrons. The largest absolute Gasteiger partial charge is 0.497 e. The number of methoxy groups -OCH3 is 1. The quantitative estimate of drug-likeness (QED) is 0.446. The van der Waals surface area contributed by atoms with Gasteiger partial charge in [0.05, 0.1) is 29.5 Å². The van der Waals surface area contributed by atoms with E-state index >= 15 is 0 Å². The number of hydrogen-bond donors (Lipinski definition) is 0. The van der Waals surface area contributed by atoms with Crippen LogP contribution in [-0.2, 0) is 16.4 Å². The van der Waals surface area contributed by atoms with Crippen molar-refractivity contribution < 1.29 is 17.9 Å². The van der Waals surface area contributed by atoms with Gasteiger partial charge in [-0.25, -0.2) is 0 Å². The summed E-state index contributed by atoms with van der Waals surface area (Å²) in [5, 5.41) is 4.90. The molecule has 6 nitrogen and oxygen atoms in total. The number of aryl methyl sites for hydroxylation is 1. The molecule has 0 fully saturated rings. The zero-order valence-electron chi connectivity index (χ0n) is 16.8. The normalized spacial score (nSPS) is 11.5. The summed E-state index contributed by atoms with van der Waals surface area (Å²) >= 11 is 0. The molecule has 0 aliphatic heterocycles. The van der Waals surface area contributed by atoms with Crippen LogP contribution in [0, 0.1) is 6.92 Å². The Morgan fingerprint density at radius 1 is 0.967 bits per heavy atom. The average Bonchev–Trinajstić information content (AvgIpc) is 3.13. The maximum absolute atomic E-state index is 13.2. The minimum Gasteiger partial charge on any atom is -0.497 e. The van der Waals surface area contributed by atoms with Crippen molar-refractivity contribution >= 4 is 20.9 Å². The molecule has 4 aromatic rings. The Labute approximate surface area is 175 Å². The summed E-state index contributed by atoms with van der Waals surface area (Å²) in [5.74, 6) is 0.859. The van der Waals surface area contributed by atoms with Gasteiger partial charge in [-0.15, -0.1) is 9.19 Å². The first-order valence-electron chi connectivity index (χ1n) is 9.55. The average molecular weight is 423 g/mol. The van der Waals surface area contributed by atoms with Crippen molar-refractivity contribution in [2.45, 2.75) is 18.2 Å². The molecule has 1 aromatic heterocycles. The van der Waals surface area contributed by atoms with E-state index < -0.39 is 10.0 Å². The summed E-state index contributed by atoms with van der Waals surface area (Å²) in [4.78, 5) is 0.171. The Bertz CT molecular complexity index is 1260. The second-order valence-corrected chi connectivity index (χ2v) is 8.70. The molecule has 30 heavy (non-hydrogen) atoms. The molecule has 0 saturated carbocycles. The minimum atomic E-state index is -3.87. The van der Waals surface area contributed by atoms with Gasteiger partial charge in [0.25, 0.3) is 10.0 Å². The number of nitrogens with zero attached hydrogens (tertiary/aromatic N) is 2. The van der Waals surface area contributed by atoms with Gasteiger partial charge in [-0.05, 0) is 42.8 Å². The molecule has 3 aromatic carbocycles. The lowest BCUT2D eigenvalue weighted by atomic mass is 10.2. The summed E-state index contributed by atoms with van der Waals surface area (Å²) in [5.41, 5.74) is 2.55. The fourth-order valence-corrected chi connectivity index (χ4v) is 4.46. The maximum atomic E-state index is 13.2. The smallest absolute Gasteiger partial charge is 0.283 e. The molecule has 0 bridgehead atoms. The van der Waals surface area contributed by atoms with E-state index in [4.69, 9.17) is 9.47 Å². The van der Waals surface area contributed by atoms with Crippen LogP contribution in [0.1, 0.15) is 11.1 Å². The molecule has 0 spiro atoms. The van der Waals surface area contributed by atoms with E-state index in [0.29, 0.717) is 29.7 Å². The summed E-state index contributed by atoms with van der Waals surface area (Å²) in [6, 6.07) is 21.7. The second kappa shape index (κ2) is 8.20. The Morgan fingerprint density at radius 3 is 2.40 bits per heavy atom. The van der Waals surface area contributed by atoms with Gasteiger partial charge in [0.1, 0.15) is 5.75 Å². The van der Waals surface area contributed by atoms with Crippen LogP contribution < -0.4 is 9.47 Å². The molecule has 0 radical (unpaired) electrons. The molecule has 0 N–H and O–H groups in total. The number of aromatic nitrogens is 2. The zero-order valence-corrected chi connectivity index (χ0v) is 17.6. The van der Waals surface area contributed by atoms with E-state index in [0.717, 1.165) is 15.2 Å². The third-order valence-electron chi connectivity index (χ3n) is 4.84. The molecule has 0 unspecified atom stereocenters. The zero-order chi connectivity index (χ0) is 21.1. The fourth-order valence-electron chi connectivity index (χ4n) is 3.18. The lowest BCUT2D eigenvalue weighted by Crippen LogP contribution is -2.14. The molecule has 0 aliphatic carbocycles. The topological polar surface area (TPSA) is 70.4 Å². The summed E-state index contributed by atoms with van der Waals surface area (Å²) in [6.07, 6.45) is 0.684. The number of ether oxygens (including phenoxy) is 2. The van der Waals surface area contributed by atoms with E-state index in [-0.39, 0.29) is 10.8 Å². The van der Waals surface area contributed by atoms with Crippen LogP contribution in [0.15, 0.2) is 77.7 Å². The number of rotatable bonds is 7. The van der Waals surface area contributed by atoms with Gasteiger partial charge in [-0.3, -0.25) is 0 Å². The molecule has 7 heteroatoms. The predicted molar refractivity (Wildman–Crippen MR) is 116 cm³/mol. The first kappa shape index (κ1) is 20.0. The van der Waals surface area contributed by atoms with Crippen molar-refractivity contribution in [3.05, 3.63) is 83.9 Å². The van der Waals surface area contributed by atoms with Gasteiger partial charge in [0.2, 0.25) is 5.88 Å². The van der Waals surface area contributed by atoms with Crippen LogP contribution in [0.2, 0.25) is 0 Å². The molecular weight excluding hydrogens is 400 g/mol. The van der Waals surface area contributed by atoms with E-state index in [2.05, 4.69) is 5.10 Å². The van der Waals surface area contributed by atoms with E-state index in [9.17, 15) is 8.42 Å². The Morgan fingerprint density at radius 2 is 1.70 bits per heavy atom. The van der Waals surface area contributed by atoms with Gasteiger partial charge in [0, 0.05) is 6.42 Å². The van der Waals surface area contributed by atoms with Crippen molar-refractivity contribution in [2.24, 2.45) is 0 Å². The third kappa shape index (κ3) is 3.89. The highest BCUT2D eigenvalue weighted by atomic mass is 32.2. The number of hydrogen-bond acceptors (Lipinski definition) is 5. The lowest BCUT2D eigenvalue weighted by molar-refractivity contribution is 0.311. The van der Waals surface area contributed by atoms with E-state index in [1.165, 1.54) is 0 Å². The first-order valence-corrected chi connectivity index (χ1v) is 11.0. The van der Waals surface area contributed by atoms with Crippen LogP contribution in [0.5, 0.6) is 11.6 Å². The Hall–Kier alpha value is -3.32. The van der Waals surface area contributed by atoms with Crippen LogP contribution >= 0.6 is 0 Å². The molecule has 1 heterocycles. The standard InChI is InChI=1S/C23H22N2O4S/c1-17-8-11-20(12-9-17)30(26,27)25-22-13-10-19(28-2)16-21(22)23(24-25)29-15-14-18-6-4-3-5-7-18/h3-13,16H,14-15H2,1-2H3. The van der Waals surface area contributed by atoms with Crippen LogP contribution in [0.3, 0.4) is 0 Å². The van der Waals surface area contributed by atoms with Gasteiger partial charge in [-0.1, -0.05) is 48.0 Å². The molecule has 0 saturated heterocycles. The van der Waals surface area contributed by atoms with Crippen LogP contribution in [-0.4, -0.2) is 31.3 Å². The molecule has 4 rings (SSSR count). The molecule has 0 atom stereocenters. The molecule has 0 amide bonds.